The molecule has 1 amide bonds. The van der Waals surface area contributed by atoms with E-state index in [1.807, 2.05) is 19.9 Å². The van der Waals surface area contributed by atoms with Crippen LogP contribution in [0.5, 0.6) is 5.75 Å². The van der Waals surface area contributed by atoms with Crippen molar-refractivity contribution in [1.29, 1.82) is 0 Å². The number of aryl methyl sites for hydroxylation is 4. The third-order valence-electron chi connectivity index (χ3n) is 5.21. The fraction of sp³-hybridized carbons (Fsp3) is 0.500. The van der Waals surface area contributed by atoms with Crippen LogP contribution in [-0.4, -0.2) is 27.6 Å². The van der Waals surface area contributed by atoms with E-state index in [2.05, 4.69) is 33.2 Å². The predicted molar refractivity (Wildman–Crippen MR) is 95.8 cm³/mol. The number of carbonyl (C=O) groups is 1. The van der Waals surface area contributed by atoms with Gasteiger partial charge >= 0.3 is 0 Å². The van der Waals surface area contributed by atoms with Crippen molar-refractivity contribution in [3.8, 4) is 5.75 Å². The molecule has 1 N–H and O–H groups in total. The normalized spacial score (nSPS) is 19.8. The zero-order chi connectivity index (χ0) is 17.4. The summed E-state index contributed by atoms with van der Waals surface area (Å²) in [6.07, 6.45) is 6.87. The van der Waals surface area contributed by atoms with Crippen LogP contribution in [0.3, 0.4) is 0 Å². The Bertz CT molecular complexity index is 796. The standard InChI is InChI=1S/C20H25N3O2/c1-13-11-23-12-17(7-9-19(23)21-13)22-20(24)14(2)25-18-8-6-15-4-3-5-16(15)10-18/h6,8,10-11,14,17H,3-5,7,9,12H2,1-2H3,(H,22,24)/t14-,17-/m0/s1. The molecule has 0 bridgehead atoms. The fourth-order valence-corrected chi connectivity index (χ4v) is 3.90. The van der Waals surface area contributed by atoms with Crippen LogP contribution in [0.2, 0.25) is 0 Å². The van der Waals surface area contributed by atoms with E-state index < -0.39 is 6.10 Å². The zero-order valence-corrected chi connectivity index (χ0v) is 14.9. The average molecular weight is 339 g/mol. The zero-order valence-electron chi connectivity index (χ0n) is 14.9. The molecule has 2 atom stereocenters. The highest BCUT2D eigenvalue weighted by molar-refractivity contribution is 5.81. The smallest absolute Gasteiger partial charge is 0.261 e. The summed E-state index contributed by atoms with van der Waals surface area (Å²) in [5, 5.41) is 3.13. The van der Waals surface area contributed by atoms with Crippen molar-refractivity contribution < 1.29 is 9.53 Å². The molecule has 0 saturated carbocycles. The van der Waals surface area contributed by atoms with Crippen molar-refractivity contribution in [1.82, 2.24) is 14.9 Å². The number of rotatable bonds is 4. The van der Waals surface area contributed by atoms with Gasteiger partial charge in [-0.25, -0.2) is 4.98 Å². The van der Waals surface area contributed by atoms with E-state index >= 15 is 0 Å². The lowest BCUT2D eigenvalue weighted by Crippen LogP contribution is -2.46. The number of hydrogen-bond donors (Lipinski definition) is 1. The van der Waals surface area contributed by atoms with E-state index in [-0.39, 0.29) is 11.9 Å². The molecule has 0 radical (unpaired) electrons. The summed E-state index contributed by atoms with van der Waals surface area (Å²) in [4.78, 5) is 17.0. The van der Waals surface area contributed by atoms with E-state index in [1.165, 1.54) is 17.5 Å². The Hall–Kier alpha value is -2.30. The first-order valence-corrected chi connectivity index (χ1v) is 9.20. The monoisotopic (exact) mass is 339 g/mol. The van der Waals surface area contributed by atoms with Gasteiger partial charge in [-0.1, -0.05) is 6.07 Å². The maximum Gasteiger partial charge on any atom is 0.261 e. The number of carbonyl (C=O) groups excluding carboxylic acids is 1. The molecule has 1 aromatic carbocycles. The first kappa shape index (κ1) is 16.2. The Morgan fingerprint density at radius 3 is 3.04 bits per heavy atom. The number of fused-ring (bicyclic) bond motifs is 2. The molecule has 2 aliphatic rings. The molecule has 0 unspecified atom stereocenters. The SMILES string of the molecule is Cc1cn2c(n1)CC[C@H](NC(=O)[C@H](C)Oc1ccc3c(c1)CCC3)C2. The quantitative estimate of drug-likeness (QED) is 0.931. The summed E-state index contributed by atoms with van der Waals surface area (Å²) >= 11 is 0. The second-order valence-corrected chi connectivity index (χ2v) is 7.24. The Balaban J connectivity index is 1.35. The lowest BCUT2D eigenvalue weighted by molar-refractivity contribution is -0.128. The molecule has 0 fully saturated rings. The highest BCUT2D eigenvalue weighted by Gasteiger charge is 2.24. The third kappa shape index (κ3) is 3.41. The molecule has 0 saturated heterocycles. The molecular weight excluding hydrogens is 314 g/mol. The number of aromatic nitrogens is 2. The number of hydrogen-bond acceptors (Lipinski definition) is 3. The Morgan fingerprint density at radius 2 is 2.16 bits per heavy atom. The first-order chi connectivity index (χ1) is 12.1. The number of ether oxygens (including phenoxy) is 1. The van der Waals surface area contributed by atoms with Gasteiger partial charge in [-0.15, -0.1) is 0 Å². The van der Waals surface area contributed by atoms with Crippen molar-refractivity contribution in [2.45, 2.75) is 64.6 Å². The second-order valence-electron chi connectivity index (χ2n) is 7.24. The molecule has 5 nitrogen and oxygen atoms in total. The van der Waals surface area contributed by atoms with Crippen LogP contribution in [0.15, 0.2) is 24.4 Å². The van der Waals surface area contributed by atoms with Crippen LogP contribution in [0.25, 0.3) is 0 Å². The summed E-state index contributed by atoms with van der Waals surface area (Å²) in [6, 6.07) is 6.34. The number of nitrogens with one attached hydrogen (secondary N) is 1. The largest absolute Gasteiger partial charge is 0.481 e. The van der Waals surface area contributed by atoms with Gasteiger partial charge in [-0.05, 0) is 62.8 Å². The molecule has 0 spiro atoms. The minimum Gasteiger partial charge on any atom is -0.481 e. The molecule has 2 heterocycles. The maximum atomic E-state index is 12.5. The molecule has 1 aliphatic heterocycles. The topological polar surface area (TPSA) is 56.2 Å². The maximum absolute atomic E-state index is 12.5. The van der Waals surface area contributed by atoms with Gasteiger partial charge < -0.3 is 14.6 Å². The van der Waals surface area contributed by atoms with Crippen molar-refractivity contribution in [2.24, 2.45) is 0 Å². The van der Waals surface area contributed by atoms with E-state index in [9.17, 15) is 4.79 Å². The van der Waals surface area contributed by atoms with E-state index in [0.717, 1.165) is 49.5 Å². The summed E-state index contributed by atoms with van der Waals surface area (Å²) in [6.45, 7) is 4.61. The van der Waals surface area contributed by atoms with Crippen molar-refractivity contribution in [3.05, 3.63) is 47.0 Å². The van der Waals surface area contributed by atoms with Gasteiger partial charge in [-0.3, -0.25) is 4.79 Å². The van der Waals surface area contributed by atoms with Gasteiger partial charge in [0.1, 0.15) is 11.6 Å². The summed E-state index contributed by atoms with van der Waals surface area (Å²) in [5.74, 6) is 1.86. The summed E-state index contributed by atoms with van der Waals surface area (Å²) < 4.78 is 8.03. The van der Waals surface area contributed by atoms with Gasteiger partial charge in [0, 0.05) is 25.2 Å². The van der Waals surface area contributed by atoms with Crippen LogP contribution in [0, 0.1) is 6.92 Å². The first-order valence-electron chi connectivity index (χ1n) is 9.20. The van der Waals surface area contributed by atoms with Gasteiger partial charge in [0.25, 0.3) is 5.91 Å². The van der Waals surface area contributed by atoms with Crippen LogP contribution in [-0.2, 0) is 30.6 Å². The van der Waals surface area contributed by atoms with Gasteiger partial charge in [0.15, 0.2) is 6.10 Å². The van der Waals surface area contributed by atoms with Crippen LogP contribution < -0.4 is 10.1 Å². The average Bonchev–Trinajstić information content (AvgIpc) is 3.19. The van der Waals surface area contributed by atoms with Crippen molar-refractivity contribution in [3.63, 3.8) is 0 Å². The number of imidazole rings is 1. The molecule has 5 heteroatoms. The van der Waals surface area contributed by atoms with E-state index in [0.29, 0.717) is 0 Å². The Kier molecular flexibility index (Phi) is 4.24. The van der Waals surface area contributed by atoms with E-state index in [1.54, 1.807) is 0 Å². The van der Waals surface area contributed by atoms with Crippen molar-refractivity contribution in [2.75, 3.05) is 0 Å². The number of amides is 1. The molecular formula is C20H25N3O2. The molecule has 1 aliphatic carbocycles. The minimum absolute atomic E-state index is 0.0502. The lowest BCUT2D eigenvalue weighted by atomic mass is 10.1. The van der Waals surface area contributed by atoms with Gasteiger partial charge in [-0.2, -0.15) is 0 Å². The fourth-order valence-electron chi connectivity index (χ4n) is 3.90. The van der Waals surface area contributed by atoms with Crippen molar-refractivity contribution >= 4 is 5.91 Å². The molecule has 25 heavy (non-hydrogen) atoms. The van der Waals surface area contributed by atoms with Crippen LogP contribution in [0.4, 0.5) is 0 Å². The van der Waals surface area contributed by atoms with Gasteiger partial charge in [0.2, 0.25) is 0 Å². The molecule has 4 rings (SSSR count). The summed E-state index contributed by atoms with van der Waals surface area (Å²) in [5.41, 5.74) is 3.81. The van der Waals surface area contributed by atoms with Crippen LogP contribution in [0.1, 0.15) is 42.4 Å². The Morgan fingerprint density at radius 1 is 1.32 bits per heavy atom. The molecule has 132 valence electrons. The van der Waals surface area contributed by atoms with E-state index in [4.69, 9.17) is 4.74 Å². The summed E-state index contributed by atoms with van der Waals surface area (Å²) in [7, 11) is 0. The third-order valence-corrected chi connectivity index (χ3v) is 5.21. The molecule has 1 aromatic heterocycles. The highest BCUT2D eigenvalue weighted by Crippen LogP contribution is 2.26. The molecule has 2 aromatic rings. The highest BCUT2D eigenvalue weighted by atomic mass is 16.5. The lowest BCUT2D eigenvalue weighted by Gasteiger charge is -2.26. The number of benzene rings is 1. The van der Waals surface area contributed by atoms with Gasteiger partial charge in [0.05, 0.1) is 5.69 Å². The van der Waals surface area contributed by atoms with Crippen LogP contribution >= 0.6 is 0 Å². The number of nitrogens with zero attached hydrogens (tertiary/aromatic N) is 2. The predicted octanol–water partition coefficient (Wildman–Crippen LogP) is 2.58. The Labute approximate surface area is 148 Å². The second kappa shape index (κ2) is 6.54. The minimum atomic E-state index is -0.495.